The standard InChI is InChI=1S/C20H25N3O4/c21-20(26)17-9-3-4-11-23(17)18(24)13-27-19(25)10-5-6-14-12-22-16-8-2-1-7-15(14)16/h1-2,7-8,12,17,22H,3-6,9-11,13H2,(H2,21,26)/t17-/m1/s1. The van der Waals surface area contributed by atoms with Crippen molar-refractivity contribution in [3.05, 3.63) is 36.0 Å². The topological polar surface area (TPSA) is 105 Å². The number of nitrogens with one attached hydrogen (secondary N) is 1. The van der Waals surface area contributed by atoms with E-state index in [4.69, 9.17) is 10.5 Å². The van der Waals surface area contributed by atoms with E-state index in [0.717, 1.165) is 35.7 Å². The van der Waals surface area contributed by atoms with Crippen LogP contribution in [0.1, 0.15) is 37.7 Å². The zero-order chi connectivity index (χ0) is 19.2. The number of nitrogens with zero attached hydrogens (tertiary/aromatic N) is 1. The number of likely N-dealkylation sites (tertiary alicyclic amines) is 1. The number of carbonyl (C=O) groups is 3. The Bertz CT molecular complexity index is 829. The molecule has 1 aromatic heterocycles. The van der Waals surface area contributed by atoms with E-state index in [2.05, 4.69) is 4.98 Å². The second kappa shape index (κ2) is 8.70. The van der Waals surface area contributed by atoms with Gasteiger partial charge >= 0.3 is 5.97 Å². The number of esters is 1. The number of aromatic amines is 1. The molecule has 144 valence electrons. The van der Waals surface area contributed by atoms with Gasteiger partial charge in [-0.1, -0.05) is 18.2 Å². The van der Waals surface area contributed by atoms with Crippen LogP contribution in [-0.4, -0.2) is 46.9 Å². The normalized spacial score (nSPS) is 17.0. The second-order valence-electron chi connectivity index (χ2n) is 6.87. The Labute approximate surface area is 157 Å². The molecule has 0 unspecified atom stereocenters. The predicted molar refractivity (Wildman–Crippen MR) is 101 cm³/mol. The van der Waals surface area contributed by atoms with Crippen LogP contribution in [0, 0.1) is 0 Å². The van der Waals surface area contributed by atoms with Gasteiger partial charge in [0.2, 0.25) is 5.91 Å². The molecule has 0 saturated carbocycles. The lowest BCUT2D eigenvalue weighted by molar-refractivity contribution is -0.154. The molecule has 1 aliphatic heterocycles. The first-order chi connectivity index (χ1) is 13.1. The fraction of sp³-hybridized carbons (Fsp3) is 0.450. The van der Waals surface area contributed by atoms with E-state index in [1.165, 1.54) is 4.90 Å². The molecule has 1 atom stereocenters. The number of carbonyl (C=O) groups excluding carboxylic acids is 3. The molecular weight excluding hydrogens is 346 g/mol. The van der Waals surface area contributed by atoms with Crippen molar-refractivity contribution in [1.29, 1.82) is 0 Å². The van der Waals surface area contributed by atoms with Gasteiger partial charge in [-0.3, -0.25) is 14.4 Å². The van der Waals surface area contributed by atoms with E-state index in [0.29, 0.717) is 19.4 Å². The fourth-order valence-corrected chi connectivity index (χ4v) is 3.58. The van der Waals surface area contributed by atoms with Crippen LogP contribution in [-0.2, 0) is 25.5 Å². The minimum Gasteiger partial charge on any atom is -0.456 e. The molecule has 7 heteroatoms. The van der Waals surface area contributed by atoms with Crippen LogP contribution in [0.25, 0.3) is 10.9 Å². The van der Waals surface area contributed by atoms with Crippen molar-refractivity contribution < 1.29 is 19.1 Å². The number of fused-ring (bicyclic) bond motifs is 1. The lowest BCUT2D eigenvalue weighted by Gasteiger charge is -2.33. The maximum atomic E-state index is 12.3. The van der Waals surface area contributed by atoms with Crippen LogP contribution in [0.5, 0.6) is 0 Å². The number of H-pyrrole nitrogens is 1. The maximum Gasteiger partial charge on any atom is 0.306 e. The molecule has 0 radical (unpaired) electrons. The summed E-state index contributed by atoms with van der Waals surface area (Å²) in [6, 6.07) is 7.43. The fourth-order valence-electron chi connectivity index (χ4n) is 3.58. The Morgan fingerprint density at radius 3 is 2.85 bits per heavy atom. The van der Waals surface area contributed by atoms with Crippen molar-refractivity contribution in [1.82, 2.24) is 9.88 Å². The minimum absolute atomic E-state index is 0.242. The Morgan fingerprint density at radius 2 is 2.04 bits per heavy atom. The number of aromatic nitrogens is 1. The summed E-state index contributed by atoms with van der Waals surface area (Å²) in [6.45, 7) is 0.139. The summed E-state index contributed by atoms with van der Waals surface area (Å²) in [6.07, 6.45) is 5.86. The van der Waals surface area contributed by atoms with Crippen LogP contribution < -0.4 is 5.73 Å². The van der Waals surface area contributed by atoms with Gasteiger partial charge in [0.05, 0.1) is 0 Å². The van der Waals surface area contributed by atoms with Crippen molar-refractivity contribution >= 4 is 28.7 Å². The summed E-state index contributed by atoms with van der Waals surface area (Å²) in [5.41, 5.74) is 7.59. The number of hydrogen-bond acceptors (Lipinski definition) is 4. The zero-order valence-corrected chi connectivity index (χ0v) is 15.3. The number of piperidine rings is 1. The summed E-state index contributed by atoms with van der Waals surface area (Å²) < 4.78 is 5.10. The molecule has 0 bridgehead atoms. The van der Waals surface area contributed by atoms with Gasteiger partial charge in [-0.25, -0.2) is 0 Å². The summed E-state index contributed by atoms with van der Waals surface area (Å²) in [5, 5.41) is 1.16. The lowest BCUT2D eigenvalue weighted by Crippen LogP contribution is -2.51. The molecule has 2 amide bonds. The van der Waals surface area contributed by atoms with Crippen LogP contribution in [0.4, 0.5) is 0 Å². The molecule has 2 heterocycles. The smallest absolute Gasteiger partial charge is 0.306 e. The summed E-state index contributed by atoms with van der Waals surface area (Å²) in [5.74, 6) is -1.27. The van der Waals surface area contributed by atoms with Gasteiger partial charge in [0.1, 0.15) is 6.04 Å². The number of hydrogen-bond donors (Lipinski definition) is 2. The van der Waals surface area contributed by atoms with Crippen molar-refractivity contribution in [3.63, 3.8) is 0 Å². The highest BCUT2D eigenvalue weighted by molar-refractivity contribution is 5.88. The maximum absolute atomic E-state index is 12.3. The Kier molecular flexibility index (Phi) is 6.11. The first kappa shape index (κ1) is 18.9. The van der Waals surface area contributed by atoms with Crippen LogP contribution in [0.3, 0.4) is 0 Å². The summed E-state index contributed by atoms with van der Waals surface area (Å²) in [7, 11) is 0. The third-order valence-corrected chi connectivity index (χ3v) is 5.01. The number of aryl methyl sites for hydroxylation is 1. The first-order valence-electron chi connectivity index (χ1n) is 9.35. The van der Waals surface area contributed by atoms with E-state index < -0.39 is 17.9 Å². The largest absolute Gasteiger partial charge is 0.456 e. The molecule has 3 rings (SSSR count). The highest BCUT2D eigenvalue weighted by Gasteiger charge is 2.30. The highest BCUT2D eigenvalue weighted by Crippen LogP contribution is 2.20. The van der Waals surface area contributed by atoms with Gasteiger partial charge in [-0.05, 0) is 43.7 Å². The lowest BCUT2D eigenvalue weighted by atomic mass is 10.0. The number of ether oxygens (including phenoxy) is 1. The average molecular weight is 371 g/mol. The first-order valence-corrected chi connectivity index (χ1v) is 9.35. The molecule has 2 aromatic rings. The van der Waals surface area contributed by atoms with Gasteiger partial charge in [0.25, 0.3) is 5.91 Å². The molecule has 1 aliphatic rings. The van der Waals surface area contributed by atoms with Gasteiger partial charge in [0.15, 0.2) is 6.61 Å². The summed E-state index contributed by atoms with van der Waals surface area (Å²) in [4.78, 5) is 40.3. The highest BCUT2D eigenvalue weighted by atomic mass is 16.5. The molecule has 1 fully saturated rings. The number of para-hydroxylation sites is 1. The van der Waals surface area contributed by atoms with E-state index in [1.807, 2.05) is 30.5 Å². The summed E-state index contributed by atoms with van der Waals surface area (Å²) >= 11 is 0. The molecule has 0 aliphatic carbocycles. The molecule has 0 spiro atoms. The van der Waals surface area contributed by atoms with Gasteiger partial charge in [0, 0.05) is 30.1 Å². The Balaban J connectivity index is 1.43. The number of benzene rings is 1. The average Bonchev–Trinajstić information content (AvgIpc) is 3.09. The number of amides is 2. The van der Waals surface area contributed by atoms with Crippen molar-refractivity contribution in [2.24, 2.45) is 5.73 Å². The quantitative estimate of drug-likeness (QED) is 0.725. The molecular formula is C20H25N3O4. The van der Waals surface area contributed by atoms with Gasteiger partial charge in [-0.15, -0.1) is 0 Å². The van der Waals surface area contributed by atoms with Crippen LogP contribution in [0.15, 0.2) is 30.5 Å². The van der Waals surface area contributed by atoms with Gasteiger partial charge < -0.3 is 20.4 Å². The van der Waals surface area contributed by atoms with Crippen molar-refractivity contribution in [2.75, 3.05) is 13.2 Å². The molecule has 27 heavy (non-hydrogen) atoms. The van der Waals surface area contributed by atoms with Crippen molar-refractivity contribution in [2.45, 2.75) is 44.6 Å². The van der Waals surface area contributed by atoms with Crippen molar-refractivity contribution in [3.8, 4) is 0 Å². The van der Waals surface area contributed by atoms with Gasteiger partial charge in [-0.2, -0.15) is 0 Å². The minimum atomic E-state index is -0.591. The Morgan fingerprint density at radius 1 is 1.22 bits per heavy atom. The monoisotopic (exact) mass is 371 g/mol. The zero-order valence-electron chi connectivity index (χ0n) is 15.3. The van der Waals surface area contributed by atoms with E-state index in [1.54, 1.807) is 0 Å². The SMILES string of the molecule is NC(=O)[C@H]1CCCCN1C(=O)COC(=O)CCCc1c[nH]c2ccccc12. The number of rotatable bonds is 7. The molecule has 1 saturated heterocycles. The number of primary amides is 1. The van der Waals surface area contributed by atoms with E-state index in [9.17, 15) is 14.4 Å². The van der Waals surface area contributed by atoms with Crippen LogP contribution >= 0.6 is 0 Å². The third-order valence-electron chi connectivity index (χ3n) is 5.01. The predicted octanol–water partition coefficient (Wildman–Crippen LogP) is 1.90. The third kappa shape index (κ3) is 4.67. The van der Waals surface area contributed by atoms with Crippen LogP contribution in [0.2, 0.25) is 0 Å². The molecule has 3 N–H and O–H groups in total. The number of nitrogens with two attached hydrogens (primary N) is 1. The van der Waals surface area contributed by atoms with E-state index in [-0.39, 0.29) is 18.9 Å². The Hall–Kier alpha value is -2.83. The second-order valence-corrected chi connectivity index (χ2v) is 6.87. The molecule has 7 nitrogen and oxygen atoms in total. The molecule has 1 aromatic carbocycles. The van der Waals surface area contributed by atoms with E-state index >= 15 is 0 Å².